The van der Waals surface area contributed by atoms with E-state index in [1.807, 2.05) is 25.1 Å². The van der Waals surface area contributed by atoms with Gasteiger partial charge in [-0.1, -0.05) is 48.0 Å². The van der Waals surface area contributed by atoms with Gasteiger partial charge >= 0.3 is 0 Å². The number of rotatable bonds is 2. The predicted octanol–water partition coefficient (Wildman–Crippen LogP) is 8.75. The molecule has 0 saturated carbocycles. The number of allylic oxidation sites excluding steroid dienone is 4. The molecule has 0 saturated heterocycles. The molecule has 0 atom stereocenters. The van der Waals surface area contributed by atoms with Crippen molar-refractivity contribution >= 4 is 22.4 Å². The van der Waals surface area contributed by atoms with E-state index in [0.717, 1.165) is 5.56 Å². The van der Waals surface area contributed by atoms with Crippen LogP contribution in [0.1, 0.15) is 33.4 Å². The lowest BCUT2D eigenvalue weighted by Gasteiger charge is -2.12. The third kappa shape index (κ3) is 4.09. The number of pyridine rings is 1. The van der Waals surface area contributed by atoms with Crippen molar-refractivity contribution in [3.63, 3.8) is 0 Å². The summed E-state index contributed by atoms with van der Waals surface area (Å²) in [6.07, 6.45) is 0. The normalized spacial score (nSPS) is 14.7. The molecule has 2 aliphatic rings. The van der Waals surface area contributed by atoms with Gasteiger partial charge in [0.15, 0.2) is 5.82 Å². The lowest BCUT2D eigenvalue weighted by Crippen LogP contribution is -2.03. The standard InChI is InChI=1S/C35H12F4N6/c1-16-5-8-21-22(11-16)29(26(15-41)43-3)27(34(21)44-4)17-6-9-19-20-10-7-18(33-31(37)30(36)32(38)35(39)45-33)13-24(20)28(23(19)12-17)25(14-40)42-2/h5-13H,1H3/b28-25-,29-26-. The number of aromatic nitrogens is 1. The molecule has 6 nitrogen and oxygen atoms in total. The molecule has 6 rings (SSSR count). The van der Waals surface area contributed by atoms with Crippen molar-refractivity contribution in [2.75, 3.05) is 0 Å². The van der Waals surface area contributed by atoms with Gasteiger partial charge in [0, 0.05) is 11.1 Å². The number of hydrogen-bond acceptors (Lipinski definition) is 3. The van der Waals surface area contributed by atoms with Gasteiger partial charge in [-0.3, -0.25) is 0 Å². The van der Waals surface area contributed by atoms with Crippen LogP contribution in [0, 0.1) is 72.7 Å². The Hall–Kier alpha value is -6.80. The summed E-state index contributed by atoms with van der Waals surface area (Å²) >= 11 is 0. The molecule has 3 aromatic carbocycles. The van der Waals surface area contributed by atoms with Crippen LogP contribution in [0.3, 0.4) is 0 Å². The Labute approximate surface area is 253 Å². The van der Waals surface area contributed by atoms with Gasteiger partial charge in [0.25, 0.3) is 17.3 Å². The molecule has 4 aromatic rings. The quantitative estimate of drug-likeness (QED) is 0.0891. The van der Waals surface area contributed by atoms with Crippen LogP contribution in [0.4, 0.5) is 17.6 Å². The largest absolute Gasteiger partial charge is 0.270 e. The van der Waals surface area contributed by atoms with Gasteiger partial charge in [-0.2, -0.15) is 8.78 Å². The van der Waals surface area contributed by atoms with Crippen LogP contribution < -0.4 is 0 Å². The van der Waals surface area contributed by atoms with Crippen LogP contribution in [0.5, 0.6) is 0 Å². The van der Waals surface area contributed by atoms with Gasteiger partial charge in [-0.15, -0.1) is 0 Å². The first kappa shape index (κ1) is 28.3. The van der Waals surface area contributed by atoms with Gasteiger partial charge in [0.2, 0.25) is 17.3 Å². The summed E-state index contributed by atoms with van der Waals surface area (Å²) < 4.78 is 56.3. The molecule has 45 heavy (non-hydrogen) atoms. The third-order valence-corrected chi connectivity index (χ3v) is 7.62. The Morgan fingerprint density at radius 1 is 0.667 bits per heavy atom. The maximum atomic E-state index is 14.7. The molecule has 0 amide bonds. The fourth-order valence-electron chi connectivity index (χ4n) is 5.73. The monoisotopic (exact) mass is 592 g/mol. The average Bonchev–Trinajstić information content (AvgIpc) is 3.54. The van der Waals surface area contributed by atoms with Crippen LogP contribution >= 0.6 is 0 Å². The molecule has 2 aliphatic carbocycles. The summed E-state index contributed by atoms with van der Waals surface area (Å²) in [4.78, 5) is 13.8. The highest BCUT2D eigenvalue weighted by Crippen LogP contribution is 2.52. The second kappa shape index (κ2) is 10.5. The molecule has 1 aromatic heterocycles. The maximum Gasteiger partial charge on any atom is 0.270 e. The molecule has 1 heterocycles. The van der Waals surface area contributed by atoms with Crippen molar-refractivity contribution in [3.05, 3.63) is 157 Å². The molecule has 0 spiro atoms. The summed E-state index contributed by atoms with van der Waals surface area (Å²) in [5.41, 5.74) is 3.61. The summed E-state index contributed by atoms with van der Waals surface area (Å²) in [5.74, 6) is -7.62. The van der Waals surface area contributed by atoms with E-state index >= 15 is 0 Å². The topological polar surface area (TPSA) is 73.5 Å². The summed E-state index contributed by atoms with van der Waals surface area (Å²) in [6, 6.07) is 18.3. The van der Waals surface area contributed by atoms with Gasteiger partial charge in [-0.05, 0) is 69.1 Å². The van der Waals surface area contributed by atoms with Crippen LogP contribution in [-0.2, 0) is 0 Å². The van der Waals surface area contributed by atoms with E-state index in [0.29, 0.717) is 39.0 Å². The van der Waals surface area contributed by atoms with Crippen LogP contribution in [0.2, 0.25) is 0 Å². The Morgan fingerprint density at radius 3 is 1.82 bits per heavy atom. The average molecular weight is 593 g/mol. The van der Waals surface area contributed by atoms with Crippen molar-refractivity contribution < 1.29 is 17.6 Å². The van der Waals surface area contributed by atoms with Crippen molar-refractivity contribution in [2.24, 2.45) is 0 Å². The Kier molecular flexibility index (Phi) is 6.60. The Balaban J connectivity index is 1.62. The first-order valence-corrected chi connectivity index (χ1v) is 13.0. The number of halogens is 4. The zero-order valence-electron chi connectivity index (χ0n) is 22.9. The number of fused-ring (bicyclic) bond motifs is 4. The molecule has 0 bridgehead atoms. The van der Waals surface area contributed by atoms with Gasteiger partial charge in [0.1, 0.15) is 5.69 Å². The zero-order valence-corrected chi connectivity index (χ0v) is 22.9. The molecular formula is C35H12F4N6. The minimum absolute atomic E-state index is 0.127. The van der Waals surface area contributed by atoms with E-state index in [9.17, 15) is 28.1 Å². The van der Waals surface area contributed by atoms with E-state index in [-0.39, 0.29) is 39.4 Å². The first-order chi connectivity index (χ1) is 21.7. The van der Waals surface area contributed by atoms with Gasteiger partial charge < -0.3 is 0 Å². The van der Waals surface area contributed by atoms with Crippen LogP contribution in [0.15, 0.2) is 66.0 Å². The highest BCUT2D eigenvalue weighted by molar-refractivity contribution is 6.24. The molecule has 0 radical (unpaired) electrons. The van der Waals surface area contributed by atoms with Gasteiger partial charge in [0.05, 0.1) is 31.9 Å². The molecule has 0 N–H and O–H groups in total. The lowest BCUT2D eigenvalue weighted by molar-refractivity contribution is 0.393. The van der Waals surface area contributed by atoms with Crippen molar-refractivity contribution in [3.8, 4) is 34.5 Å². The molecular weight excluding hydrogens is 580 g/mol. The van der Waals surface area contributed by atoms with Crippen molar-refractivity contribution in [2.45, 2.75) is 6.92 Å². The number of benzene rings is 3. The Morgan fingerprint density at radius 2 is 1.22 bits per heavy atom. The van der Waals surface area contributed by atoms with Crippen molar-refractivity contribution in [1.82, 2.24) is 4.98 Å². The maximum absolute atomic E-state index is 14.7. The van der Waals surface area contributed by atoms with E-state index in [4.69, 9.17) is 19.7 Å². The smallest absolute Gasteiger partial charge is 0.237 e. The fraction of sp³-hybridized carbons (Fsp3) is 0.0286. The second-order valence-corrected chi connectivity index (χ2v) is 9.99. The number of hydrogen-bond donors (Lipinski definition) is 0. The molecule has 0 aliphatic heterocycles. The summed E-state index contributed by atoms with van der Waals surface area (Å²) in [6.45, 7) is 25.2. The highest BCUT2D eigenvalue weighted by Gasteiger charge is 2.33. The number of aryl methyl sites for hydroxylation is 1. The molecule has 0 fully saturated rings. The van der Waals surface area contributed by atoms with Gasteiger partial charge in [-0.25, -0.2) is 38.8 Å². The van der Waals surface area contributed by atoms with E-state index in [1.54, 1.807) is 30.3 Å². The van der Waals surface area contributed by atoms with Crippen LogP contribution in [-0.4, -0.2) is 4.98 Å². The highest BCUT2D eigenvalue weighted by atomic mass is 19.2. The molecule has 210 valence electrons. The predicted molar refractivity (Wildman–Crippen MR) is 157 cm³/mol. The summed E-state index contributed by atoms with van der Waals surface area (Å²) in [7, 11) is 0. The van der Waals surface area contributed by atoms with E-state index < -0.39 is 29.1 Å². The first-order valence-electron chi connectivity index (χ1n) is 13.0. The second-order valence-electron chi connectivity index (χ2n) is 9.99. The van der Waals surface area contributed by atoms with E-state index in [2.05, 4.69) is 19.5 Å². The zero-order chi connectivity index (χ0) is 32.2. The summed E-state index contributed by atoms with van der Waals surface area (Å²) in [5, 5.41) is 19.7. The molecule has 0 unspecified atom stereocenters. The van der Waals surface area contributed by atoms with E-state index in [1.165, 1.54) is 18.2 Å². The lowest BCUT2D eigenvalue weighted by atomic mass is 9.91. The minimum atomic E-state index is -2.05. The Bertz CT molecular complexity index is 2350. The SMILES string of the molecule is [C-]#[N+]C1=C(c2ccc3c(c2)/C(=C(\C#N)[N+]#[C-])c2cc(-c4nc(F)c(F)c(F)c4F)ccc2-3)/C(=C(/C#N)[N+]#[C-])c2cc(C)ccc21. The molecule has 10 heteroatoms. The minimum Gasteiger partial charge on any atom is -0.237 e. The number of nitriles is 2. The fourth-order valence-corrected chi connectivity index (χ4v) is 5.73. The van der Waals surface area contributed by atoms with Crippen LogP contribution in [0.25, 0.3) is 59.3 Å². The third-order valence-electron chi connectivity index (χ3n) is 7.62. The number of nitrogens with zero attached hydrogens (tertiary/aromatic N) is 6. The van der Waals surface area contributed by atoms with Crippen molar-refractivity contribution in [1.29, 1.82) is 10.5 Å².